The van der Waals surface area contributed by atoms with E-state index in [2.05, 4.69) is 48.4 Å². The molecule has 5 heteroatoms. The first-order valence-electron chi connectivity index (χ1n) is 13.7. The van der Waals surface area contributed by atoms with Crippen molar-refractivity contribution in [2.75, 3.05) is 6.61 Å². The second kappa shape index (κ2) is 11.9. The number of rotatable bonds is 10. The Bertz CT molecular complexity index is 1450. The highest BCUT2D eigenvalue weighted by atomic mass is 31.2. The molecule has 4 aromatic rings. The summed E-state index contributed by atoms with van der Waals surface area (Å²) in [7, 11) is -3.42. The van der Waals surface area contributed by atoms with Gasteiger partial charge in [0.25, 0.3) is 0 Å². The lowest BCUT2D eigenvalue weighted by Crippen LogP contribution is -2.44. The number of carbonyl (C=O) groups is 1. The Labute approximate surface area is 233 Å². The van der Waals surface area contributed by atoms with Gasteiger partial charge in [-0.2, -0.15) is 0 Å². The Morgan fingerprint density at radius 2 is 1.33 bits per heavy atom. The molecule has 0 spiro atoms. The van der Waals surface area contributed by atoms with Gasteiger partial charge in [0.1, 0.15) is 0 Å². The predicted molar refractivity (Wildman–Crippen MR) is 164 cm³/mol. The van der Waals surface area contributed by atoms with Gasteiger partial charge in [0, 0.05) is 10.6 Å². The number of esters is 1. The van der Waals surface area contributed by atoms with Crippen LogP contribution in [0.2, 0.25) is 0 Å². The van der Waals surface area contributed by atoms with Crippen LogP contribution in [-0.4, -0.2) is 12.6 Å². The average Bonchev–Trinajstić information content (AvgIpc) is 2.87. The standard InChI is InChI=1S/C34H40NO3P/c1-7-8-15-38-33(36)23-34(6,30-14-13-28-11-9-10-12-29(28)22-30)35-39(37,31-18-24(2)16-25(3)19-31)32-20-26(4)17-27(5)21-32/h9-14,16-22H,7-8,15,23H2,1-6H3,(H,35,37). The molecule has 0 saturated carbocycles. The zero-order chi connectivity index (χ0) is 28.2. The van der Waals surface area contributed by atoms with E-state index in [0.29, 0.717) is 6.61 Å². The first kappa shape index (κ1) is 28.8. The smallest absolute Gasteiger partial charge is 0.308 e. The molecule has 0 aromatic heterocycles. The van der Waals surface area contributed by atoms with Crippen LogP contribution in [0.1, 0.15) is 60.9 Å². The number of hydrogen-bond acceptors (Lipinski definition) is 3. The van der Waals surface area contributed by atoms with E-state index in [9.17, 15) is 4.79 Å². The van der Waals surface area contributed by atoms with Gasteiger partial charge in [-0.15, -0.1) is 0 Å². The molecule has 0 aliphatic heterocycles. The highest BCUT2D eigenvalue weighted by molar-refractivity contribution is 7.77. The Morgan fingerprint density at radius 3 is 1.87 bits per heavy atom. The summed E-state index contributed by atoms with van der Waals surface area (Å²) in [6.45, 7) is 12.5. The van der Waals surface area contributed by atoms with E-state index >= 15 is 4.57 Å². The van der Waals surface area contributed by atoms with E-state index in [1.807, 2.05) is 77.1 Å². The normalized spacial score (nSPS) is 13.3. The van der Waals surface area contributed by atoms with E-state index in [1.54, 1.807) is 0 Å². The second-order valence-electron chi connectivity index (χ2n) is 11.1. The van der Waals surface area contributed by atoms with E-state index in [-0.39, 0.29) is 12.4 Å². The number of hydrogen-bond donors (Lipinski definition) is 1. The van der Waals surface area contributed by atoms with Crippen LogP contribution in [-0.2, 0) is 19.6 Å². The van der Waals surface area contributed by atoms with Crippen molar-refractivity contribution in [2.45, 2.75) is 66.3 Å². The summed E-state index contributed by atoms with van der Waals surface area (Å²) in [5.74, 6) is -0.306. The summed E-state index contributed by atoms with van der Waals surface area (Å²) in [4.78, 5) is 13.2. The lowest BCUT2D eigenvalue weighted by molar-refractivity contribution is -0.145. The minimum atomic E-state index is -3.42. The van der Waals surface area contributed by atoms with Crippen molar-refractivity contribution >= 4 is 34.6 Å². The molecule has 0 aliphatic carbocycles. The summed E-state index contributed by atoms with van der Waals surface area (Å²) >= 11 is 0. The van der Waals surface area contributed by atoms with Gasteiger partial charge in [-0.1, -0.05) is 84.1 Å². The van der Waals surface area contributed by atoms with Crippen LogP contribution >= 0.6 is 7.29 Å². The van der Waals surface area contributed by atoms with Gasteiger partial charge in [-0.05, 0) is 87.7 Å². The predicted octanol–water partition coefficient (Wildman–Crippen LogP) is 7.54. The average molecular weight is 542 g/mol. The van der Waals surface area contributed by atoms with Crippen molar-refractivity contribution < 1.29 is 14.1 Å². The number of unbranched alkanes of at least 4 members (excludes halogenated alkanes) is 1. The molecule has 0 fully saturated rings. The fraction of sp³-hybridized carbons (Fsp3) is 0.324. The third kappa shape index (κ3) is 6.69. The molecule has 4 nitrogen and oxygen atoms in total. The van der Waals surface area contributed by atoms with E-state index in [4.69, 9.17) is 4.74 Å². The largest absolute Gasteiger partial charge is 0.466 e. The maximum atomic E-state index is 15.5. The molecule has 204 valence electrons. The Kier molecular flexibility index (Phi) is 8.79. The molecule has 0 bridgehead atoms. The third-order valence-electron chi connectivity index (χ3n) is 7.19. The molecule has 0 amide bonds. The monoisotopic (exact) mass is 541 g/mol. The summed E-state index contributed by atoms with van der Waals surface area (Å²) in [6.07, 6.45) is 1.81. The number of aryl methyl sites for hydroxylation is 4. The molecular weight excluding hydrogens is 501 g/mol. The van der Waals surface area contributed by atoms with Crippen molar-refractivity contribution in [3.63, 3.8) is 0 Å². The van der Waals surface area contributed by atoms with Crippen molar-refractivity contribution in [3.05, 3.63) is 107 Å². The topological polar surface area (TPSA) is 55.4 Å². The van der Waals surface area contributed by atoms with Crippen molar-refractivity contribution in [1.29, 1.82) is 0 Å². The van der Waals surface area contributed by atoms with Gasteiger partial charge in [-0.3, -0.25) is 9.36 Å². The van der Waals surface area contributed by atoms with Crippen LogP contribution in [0.25, 0.3) is 10.8 Å². The van der Waals surface area contributed by atoms with Gasteiger partial charge in [0.15, 0.2) is 0 Å². The minimum absolute atomic E-state index is 0.0502. The number of fused-ring (bicyclic) bond motifs is 1. The summed E-state index contributed by atoms with van der Waals surface area (Å²) in [6, 6.07) is 26.5. The molecule has 0 aliphatic rings. The van der Waals surface area contributed by atoms with Gasteiger partial charge in [-0.25, -0.2) is 5.09 Å². The lowest BCUT2D eigenvalue weighted by atomic mass is 9.88. The Balaban J connectivity index is 1.90. The quantitative estimate of drug-likeness (QED) is 0.128. The molecule has 4 rings (SSSR count). The van der Waals surface area contributed by atoms with Gasteiger partial charge in [0.05, 0.1) is 18.6 Å². The molecule has 4 aromatic carbocycles. The molecule has 0 saturated heterocycles. The highest BCUT2D eigenvalue weighted by Gasteiger charge is 2.40. The summed E-state index contributed by atoms with van der Waals surface area (Å²) in [5, 5.41) is 7.25. The van der Waals surface area contributed by atoms with Gasteiger partial charge >= 0.3 is 5.97 Å². The number of benzene rings is 4. The van der Waals surface area contributed by atoms with Crippen LogP contribution < -0.4 is 15.7 Å². The van der Waals surface area contributed by atoms with Crippen LogP contribution in [0, 0.1) is 27.7 Å². The van der Waals surface area contributed by atoms with E-state index in [1.165, 1.54) is 0 Å². The fourth-order valence-corrected chi connectivity index (χ4v) is 8.30. The van der Waals surface area contributed by atoms with E-state index in [0.717, 1.165) is 62.0 Å². The summed E-state index contributed by atoms with van der Waals surface area (Å²) < 4.78 is 21.1. The third-order valence-corrected chi connectivity index (χ3v) is 9.97. The van der Waals surface area contributed by atoms with Crippen molar-refractivity contribution in [3.8, 4) is 0 Å². The zero-order valence-corrected chi connectivity index (χ0v) is 24.9. The Morgan fingerprint density at radius 1 is 0.795 bits per heavy atom. The molecule has 0 heterocycles. The van der Waals surface area contributed by atoms with Crippen LogP contribution in [0.15, 0.2) is 78.9 Å². The lowest BCUT2D eigenvalue weighted by Gasteiger charge is -2.36. The zero-order valence-electron chi connectivity index (χ0n) is 24.0. The second-order valence-corrected chi connectivity index (χ2v) is 13.5. The Hall–Kier alpha value is -3.20. The van der Waals surface area contributed by atoms with Crippen molar-refractivity contribution in [2.24, 2.45) is 0 Å². The van der Waals surface area contributed by atoms with Crippen molar-refractivity contribution in [1.82, 2.24) is 5.09 Å². The minimum Gasteiger partial charge on any atom is -0.466 e. The first-order chi connectivity index (χ1) is 18.5. The SMILES string of the molecule is CCCCOC(=O)CC(C)(NP(=O)(c1cc(C)cc(C)c1)c1cc(C)cc(C)c1)c1ccc2ccccc2c1. The summed E-state index contributed by atoms with van der Waals surface area (Å²) in [5.41, 5.74) is 4.11. The van der Waals surface area contributed by atoms with Gasteiger partial charge in [0.2, 0.25) is 7.29 Å². The molecule has 1 atom stereocenters. The molecular formula is C34H40NO3P. The molecule has 39 heavy (non-hydrogen) atoms. The number of carbonyl (C=O) groups excluding carboxylic acids is 1. The number of ether oxygens (including phenoxy) is 1. The molecule has 1 N–H and O–H groups in total. The van der Waals surface area contributed by atoms with Crippen LogP contribution in [0.4, 0.5) is 0 Å². The van der Waals surface area contributed by atoms with Crippen LogP contribution in [0.3, 0.4) is 0 Å². The first-order valence-corrected chi connectivity index (χ1v) is 15.5. The molecule has 0 radical (unpaired) electrons. The van der Waals surface area contributed by atoms with E-state index < -0.39 is 12.8 Å². The maximum absolute atomic E-state index is 15.5. The van der Waals surface area contributed by atoms with Crippen LogP contribution in [0.5, 0.6) is 0 Å². The maximum Gasteiger partial charge on any atom is 0.308 e. The van der Waals surface area contributed by atoms with Gasteiger partial charge < -0.3 is 4.74 Å². The fourth-order valence-electron chi connectivity index (χ4n) is 5.30. The molecule has 1 unspecified atom stereocenters. The number of nitrogens with one attached hydrogen (secondary N) is 1. The highest BCUT2D eigenvalue weighted by Crippen LogP contribution is 2.46.